The Morgan fingerprint density at radius 2 is 2.33 bits per heavy atom. The maximum absolute atomic E-state index is 5.78. The van der Waals surface area contributed by atoms with Gasteiger partial charge in [0.2, 0.25) is 0 Å². The van der Waals surface area contributed by atoms with Gasteiger partial charge in [-0.2, -0.15) is 5.10 Å². The molecule has 7 heteroatoms. The lowest BCUT2D eigenvalue weighted by atomic mass is 10.1. The van der Waals surface area contributed by atoms with E-state index in [2.05, 4.69) is 38.0 Å². The standard InChI is InChI=1S/C14H18BrN5O/c1-19-6-4-10(7-13(19)15)20-9-11(8-18-20)21-12-3-2-5-17-14(12)16/h2-3,5,8-10,13H,4,6-7H2,1H3,(H2,16,17). The van der Waals surface area contributed by atoms with Crippen LogP contribution in [0.25, 0.3) is 0 Å². The number of hydrogen-bond donors (Lipinski definition) is 1. The lowest BCUT2D eigenvalue weighted by molar-refractivity contribution is 0.196. The summed E-state index contributed by atoms with van der Waals surface area (Å²) in [7, 11) is 2.12. The Kier molecular flexibility index (Phi) is 4.12. The summed E-state index contributed by atoms with van der Waals surface area (Å²) in [5.74, 6) is 1.61. The molecule has 0 bridgehead atoms. The summed E-state index contributed by atoms with van der Waals surface area (Å²) < 4.78 is 7.71. The number of nitrogens with zero attached hydrogens (tertiary/aromatic N) is 4. The molecule has 0 radical (unpaired) electrons. The minimum atomic E-state index is 0.380. The first-order valence-corrected chi connectivity index (χ1v) is 7.82. The van der Waals surface area contributed by atoms with Crippen LogP contribution in [0.2, 0.25) is 0 Å². The SMILES string of the molecule is CN1CCC(n2cc(Oc3cccnc3N)cn2)CC1Br. The van der Waals surface area contributed by atoms with Crippen LogP contribution in [0, 0.1) is 0 Å². The number of piperidine rings is 1. The lowest BCUT2D eigenvalue weighted by Gasteiger charge is -2.33. The number of halogens is 1. The van der Waals surface area contributed by atoms with E-state index in [9.17, 15) is 0 Å². The van der Waals surface area contributed by atoms with Gasteiger partial charge in [-0.05, 0) is 32.0 Å². The van der Waals surface area contributed by atoms with E-state index in [-0.39, 0.29) is 0 Å². The third-order valence-corrected chi connectivity index (χ3v) is 4.81. The predicted octanol–water partition coefficient (Wildman–Crippen LogP) is 2.64. The number of nitrogens with two attached hydrogens (primary N) is 1. The number of alkyl halides is 1. The second-order valence-corrected chi connectivity index (χ2v) is 6.30. The molecule has 2 atom stereocenters. The number of likely N-dealkylation sites (tertiary alicyclic amines) is 1. The minimum Gasteiger partial charge on any atom is -0.450 e. The van der Waals surface area contributed by atoms with E-state index in [1.54, 1.807) is 24.5 Å². The number of hydrogen-bond acceptors (Lipinski definition) is 5. The average molecular weight is 352 g/mol. The maximum Gasteiger partial charge on any atom is 0.169 e. The van der Waals surface area contributed by atoms with Crippen LogP contribution < -0.4 is 10.5 Å². The van der Waals surface area contributed by atoms with Crippen LogP contribution in [-0.4, -0.2) is 38.2 Å². The molecule has 6 nitrogen and oxygen atoms in total. The summed E-state index contributed by atoms with van der Waals surface area (Å²) in [6.07, 6.45) is 7.37. The highest BCUT2D eigenvalue weighted by Crippen LogP contribution is 2.31. The molecule has 2 N–H and O–H groups in total. The first-order valence-electron chi connectivity index (χ1n) is 6.90. The largest absolute Gasteiger partial charge is 0.450 e. The fourth-order valence-corrected chi connectivity index (χ4v) is 3.08. The molecule has 0 saturated carbocycles. The van der Waals surface area contributed by atoms with Crippen LogP contribution >= 0.6 is 15.9 Å². The Hall–Kier alpha value is -1.60. The Morgan fingerprint density at radius 1 is 1.48 bits per heavy atom. The molecular weight excluding hydrogens is 334 g/mol. The molecular formula is C14H18BrN5O. The monoisotopic (exact) mass is 351 g/mol. The Bertz CT molecular complexity index is 617. The van der Waals surface area contributed by atoms with Crippen molar-refractivity contribution in [3.05, 3.63) is 30.7 Å². The van der Waals surface area contributed by atoms with Gasteiger partial charge in [0.05, 0.1) is 23.4 Å². The highest BCUT2D eigenvalue weighted by atomic mass is 79.9. The van der Waals surface area contributed by atoms with Crippen LogP contribution in [0.3, 0.4) is 0 Å². The average Bonchev–Trinajstić information content (AvgIpc) is 2.93. The molecule has 0 spiro atoms. The molecule has 21 heavy (non-hydrogen) atoms. The normalized spacial score (nSPS) is 23.1. The van der Waals surface area contributed by atoms with Gasteiger partial charge < -0.3 is 10.5 Å². The number of anilines is 1. The zero-order valence-corrected chi connectivity index (χ0v) is 13.4. The van der Waals surface area contributed by atoms with Crippen LogP contribution in [0.5, 0.6) is 11.5 Å². The fraction of sp³-hybridized carbons (Fsp3) is 0.429. The van der Waals surface area contributed by atoms with Crippen LogP contribution in [0.1, 0.15) is 18.9 Å². The van der Waals surface area contributed by atoms with Gasteiger partial charge in [0.1, 0.15) is 0 Å². The molecule has 1 aliphatic heterocycles. The summed E-state index contributed by atoms with van der Waals surface area (Å²) in [6.45, 7) is 1.05. The maximum atomic E-state index is 5.78. The van der Waals surface area contributed by atoms with E-state index in [0.717, 1.165) is 19.4 Å². The van der Waals surface area contributed by atoms with E-state index < -0.39 is 0 Å². The highest BCUT2D eigenvalue weighted by molar-refractivity contribution is 9.09. The molecule has 1 aliphatic rings. The second-order valence-electron chi connectivity index (χ2n) is 5.24. The van der Waals surface area contributed by atoms with E-state index in [1.165, 1.54) is 0 Å². The first-order chi connectivity index (χ1) is 10.1. The zero-order valence-electron chi connectivity index (χ0n) is 11.8. The molecule has 1 fully saturated rings. The minimum absolute atomic E-state index is 0.380. The second kappa shape index (κ2) is 6.03. The molecule has 0 aromatic carbocycles. The molecule has 2 unspecified atom stereocenters. The van der Waals surface area contributed by atoms with Gasteiger partial charge in [0.15, 0.2) is 17.3 Å². The van der Waals surface area contributed by atoms with Crippen molar-refractivity contribution in [2.24, 2.45) is 0 Å². The first kappa shape index (κ1) is 14.3. The smallest absolute Gasteiger partial charge is 0.169 e. The summed E-state index contributed by atoms with van der Waals surface area (Å²) >= 11 is 3.69. The molecule has 3 rings (SSSR count). The zero-order chi connectivity index (χ0) is 14.8. The molecule has 1 saturated heterocycles. The molecule has 2 aromatic rings. The van der Waals surface area contributed by atoms with E-state index in [1.807, 2.05) is 10.9 Å². The van der Waals surface area contributed by atoms with Crippen molar-refractivity contribution in [3.8, 4) is 11.5 Å². The molecule has 0 amide bonds. The molecule has 0 aliphatic carbocycles. The van der Waals surface area contributed by atoms with Gasteiger partial charge in [0.25, 0.3) is 0 Å². The van der Waals surface area contributed by atoms with Crippen LogP contribution in [0.4, 0.5) is 5.82 Å². The van der Waals surface area contributed by atoms with Gasteiger partial charge in [-0.3, -0.25) is 9.58 Å². The van der Waals surface area contributed by atoms with Crippen molar-refractivity contribution in [2.75, 3.05) is 19.3 Å². The summed E-state index contributed by atoms with van der Waals surface area (Å²) in [5, 5.41) is 4.42. The number of aromatic nitrogens is 3. The van der Waals surface area contributed by atoms with E-state index >= 15 is 0 Å². The van der Waals surface area contributed by atoms with Gasteiger partial charge in [-0.1, -0.05) is 15.9 Å². The molecule has 2 aromatic heterocycles. The Balaban J connectivity index is 1.71. The number of rotatable bonds is 3. The van der Waals surface area contributed by atoms with Crippen molar-refractivity contribution >= 4 is 21.7 Å². The van der Waals surface area contributed by atoms with Crippen molar-refractivity contribution < 1.29 is 4.74 Å². The highest BCUT2D eigenvalue weighted by Gasteiger charge is 2.25. The van der Waals surface area contributed by atoms with Crippen molar-refractivity contribution in [3.63, 3.8) is 0 Å². The van der Waals surface area contributed by atoms with Crippen molar-refractivity contribution in [2.45, 2.75) is 23.8 Å². The number of pyridine rings is 1. The van der Waals surface area contributed by atoms with Gasteiger partial charge in [-0.25, -0.2) is 4.98 Å². The Morgan fingerprint density at radius 3 is 3.10 bits per heavy atom. The van der Waals surface area contributed by atoms with Crippen LogP contribution in [0.15, 0.2) is 30.7 Å². The predicted molar refractivity (Wildman–Crippen MR) is 84.6 cm³/mol. The molecule has 112 valence electrons. The number of ether oxygens (including phenoxy) is 1. The number of nitrogen functional groups attached to an aromatic ring is 1. The summed E-state index contributed by atoms with van der Waals surface area (Å²) in [6, 6.07) is 3.97. The summed E-state index contributed by atoms with van der Waals surface area (Å²) in [5.41, 5.74) is 5.78. The topological polar surface area (TPSA) is 69.2 Å². The lowest BCUT2D eigenvalue weighted by Crippen LogP contribution is -2.36. The van der Waals surface area contributed by atoms with Gasteiger partial charge in [0, 0.05) is 12.7 Å². The van der Waals surface area contributed by atoms with Crippen LogP contribution in [-0.2, 0) is 0 Å². The van der Waals surface area contributed by atoms with E-state index in [0.29, 0.717) is 28.3 Å². The van der Waals surface area contributed by atoms with Crippen molar-refractivity contribution in [1.82, 2.24) is 19.7 Å². The van der Waals surface area contributed by atoms with Gasteiger partial charge >= 0.3 is 0 Å². The van der Waals surface area contributed by atoms with Gasteiger partial charge in [-0.15, -0.1) is 0 Å². The third kappa shape index (κ3) is 3.19. The quantitative estimate of drug-likeness (QED) is 0.679. The molecule has 3 heterocycles. The summed E-state index contributed by atoms with van der Waals surface area (Å²) in [4.78, 5) is 6.69. The fourth-order valence-electron chi connectivity index (χ4n) is 2.44. The van der Waals surface area contributed by atoms with Crippen molar-refractivity contribution in [1.29, 1.82) is 0 Å². The van der Waals surface area contributed by atoms with E-state index in [4.69, 9.17) is 10.5 Å². The Labute approximate surface area is 132 Å². The third-order valence-electron chi connectivity index (χ3n) is 3.74.